The molecule has 5 heteroatoms. The number of methoxy groups -OCH3 is 2. The normalized spacial score (nSPS) is 14.4. The van der Waals surface area contributed by atoms with Gasteiger partial charge < -0.3 is 14.2 Å². The zero-order chi connectivity index (χ0) is 25.9. The number of aromatic nitrogens is 1. The lowest BCUT2D eigenvalue weighted by molar-refractivity contribution is 0.279. The third kappa shape index (κ3) is 6.18. The van der Waals surface area contributed by atoms with Crippen LogP contribution in [0, 0.1) is 17.2 Å². The van der Waals surface area contributed by atoms with Gasteiger partial charge in [-0.3, -0.25) is 4.98 Å². The molecule has 1 unspecified atom stereocenters. The molecule has 1 saturated carbocycles. The Morgan fingerprint density at radius 3 is 2.36 bits per heavy atom. The van der Waals surface area contributed by atoms with E-state index in [0.717, 1.165) is 40.8 Å². The zero-order valence-electron chi connectivity index (χ0n) is 22.4. The number of benzene rings is 2. The van der Waals surface area contributed by atoms with E-state index in [4.69, 9.17) is 19.2 Å². The van der Waals surface area contributed by atoms with Crippen molar-refractivity contribution in [3.05, 3.63) is 71.3 Å². The lowest BCUT2D eigenvalue weighted by atomic mass is 9.87. The number of halogens is 1. The molecular weight excluding hydrogens is 453 g/mol. The molecule has 0 aliphatic heterocycles. The molecule has 4 rings (SSSR count). The van der Waals surface area contributed by atoms with E-state index in [1.54, 1.807) is 26.4 Å². The molecule has 1 aliphatic rings. The van der Waals surface area contributed by atoms with E-state index in [2.05, 4.69) is 39.8 Å². The van der Waals surface area contributed by atoms with Gasteiger partial charge in [0.1, 0.15) is 18.2 Å². The highest BCUT2D eigenvalue weighted by molar-refractivity contribution is 5.68. The maximum Gasteiger partial charge on any atom is 0.162 e. The second-order valence-electron chi connectivity index (χ2n) is 10.9. The van der Waals surface area contributed by atoms with E-state index in [1.807, 2.05) is 18.2 Å². The summed E-state index contributed by atoms with van der Waals surface area (Å²) in [6, 6.07) is 14.9. The fraction of sp³-hybridized carbons (Fsp3) is 0.452. The lowest BCUT2D eigenvalue weighted by Gasteiger charge is -2.21. The van der Waals surface area contributed by atoms with Gasteiger partial charge in [-0.25, -0.2) is 4.39 Å². The Hall–Kier alpha value is -3.08. The van der Waals surface area contributed by atoms with Gasteiger partial charge in [0, 0.05) is 16.8 Å². The minimum absolute atomic E-state index is 0.0217. The van der Waals surface area contributed by atoms with Crippen LogP contribution in [0.5, 0.6) is 17.2 Å². The molecule has 0 amide bonds. The molecule has 4 nitrogen and oxygen atoms in total. The van der Waals surface area contributed by atoms with Crippen molar-refractivity contribution in [1.82, 2.24) is 4.98 Å². The molecule has 2 aromatic carbocycles. The van der Waals surface area contributed by atoms with Gasteiger partial charge in [-0.2, -0.15) is 0 Å². The maximum absolute atomic E-state index is 14.8. The number of hydrogen-bond donors (Lipinski definition) is 0. The fourth-order valence-electron chi connectivity index (χ4n) is 4.88. The van der Waals surface area contributed by atoms with E-state index in [9.17, 15) is 4.39 Å². The first kappa shape index (κ1) is 26.0. The fourth-order valence-corrected chi connectivity index (χ4v) is 4.88. The van der Waals surface area contributed by atoms with Gasteiger partial charge in [0.2, 0.25) is 0 Å². The first-order valence-corrected chi connectivity index (χ1v) is 12.9. The summed E-state index contributed by atoms with van der Waals surface area (Å²) in [4.78, 5) is 4.94. The topological polar surface area (TPSA) is 40.6 Å². The molecule has 1 aromatic heterocycles. The highest BCUT2D eigenvalue weighted by Gasteiger charge is 2.31. The first-order chi connectivity index (χ1) is 17.2. The average molecular weight is 492 g/mol. The van der Waals surface area contributed by atoms with Crippen molar-refractivity contribution in [2.24, 2.45) is 11.3 Å². The van der Waals surface area contributed by atoms with Crippen molar-refractivity contribution in [2.75, 3.05) is 14.2 Å². The summed E-state index contributed by atoms with van der Waals surface area (Å²) in [7, 11) is 3.25. The highest BCUT2D eigenvalue weighted by Crippen LogP contribution is 2.46. The quantitative estimate of drug-likeness (QED) is 0.288. The molecule has 1 heterocycles. The average Bonchev–Trinajstić information content (AvgIpc) is 3.68. The van der Waals surface area contributed by atoms with Crippen molar-refractivity contribution < 1.29 is 18.6 Å². The molecule has 0 bridgehead atoms. The third-order valence-corrected chi connectivity index (χ3v) is 6.82. The molecule has 0 saturated heterocycles. The molecular formula is C31H38FNO3. The summed E-state index contributed by atoms with van der Waals surface area (Å²) in [5.41, 5.74) is 4.19. The smallest absolute Gasteiger partial charge is 0.162 e. The monoisotopic (exact) mass is 491 g/mol. The van der Waals surface area contributed by atoms with Crippen LogP contribution in [-0.4, -0.2) is 19.2 Å². The second-order valence-corrected chi connectivity index (χ2v) is 10.9. The van der Waals surface area contributed by atoms with Gasteiger partial charge in [0.15, 0.2) is 11.5 Å². The lowest BCUT2D eigenvalue weighted by Crippen LogP contribution is -2.13. The van der Waals surface area contributed by atoms with Crippen LogP contribution in [0.3, 0.4) is 0 Å². The Morgan fingerprint density at radius 1 is 0.944 bits per heavy atom. The largest absolute Gasteiger partial charge is 0.497 e. The molecule has 0 N–H and O–H groups in total. The Labute approximate surface area is 214 Å². The molecule has 1 aliphatic carbocycles. The van der Waals surface area contributed by atoms with Crippen molar-refractivity contribution in [3.8, 4) is 28.4 Å². The molecule has 0 radical (unpaired) electrons. The van der Waals surface area contributed by atoms with E-state index in [-0.39, 0.29) is 11.2 Å². The van der Waals surface area contributed by atoms with Crippen LogP contribution in [0.15, 0.2) is 48.5 Å². The van der Waals surface area contributed by atoms with Gasteiger partial charge in [0.25, 0.3) is 0 Å². The summed E-state index contributed by atoms with van der Waals surface area (Å²) in [5.74, 6) is 3.11. The molecule has 3 aromatic rings. The van der Waals surface area contributed by atoms with E-state index in [1.165, 1.54) is 24.5 Å². The van der Waals surface area contributed by atoms with Crippen molar-refractivity contribution in [3.63, 3.8) is 0 Å². The van der Waals surface area contributed by atoms with Gasteiger partial charge >= 0.3 is 0 Å². The maximum atomic E-state index is 14.8. The van der Waals surface area contributed by atoms with Crippen molar-refractivity contribution in [2.45, 2.75) is 65.9 Å². The zero-order valence-corrected chi connectivity index (χ0v) is 22.4. The molecule has 36 heavy (non-hydrogen) atoms. The molecule has 1 fully saturated rings. The van der Waals surface area contributed by atoms with Crippen LogP contribution < -0.4 is 14.2 Å². The van der Waals surface area contributed by atoms with Crippen LogP contribution in [0.1, 0.15) is 69.8 Å². The second kappa shape index (κ2) is 10.9. The van der Waals surface area contributed by atoms with Crippen molar-refractivity contribution >= 4 is 0 Å². The van der Waals surface area contributed by atoms with Crippen molar-refractivity contribution in [1.29, 1.82) is 0 Å². The van der Waals surface area contributed by atoms with Crippen LogP contribution in [0.4, 0.5) is 4.39 Å². The minimum atomic E-state index is -0.292. The summed E-state index contributed by atoms with van der Waals surface area (Å²) in [6.45, 7) is 9.02. The predicted molar refractivity (Wildman–Crippen MR) is 142 cm³/mol. The summed E-state index contributed by atoms with van der Waals surface area (Å²) in [6.07, 6.45) is 4.44. The molecule has 192 valence electrons. The number of hydrogen-bond acceptors (Lipinski definition) is 4. The van der Waals surface area contributed by atoms with Crippen LogP contribution in [0.2, 0.25) is 0 Å². The minimum Gasteiger partial charge on any atom is -0.497 e. The number of rotatable bonds is 10. The Bertz CT molecular complexity index is 1200. The van der Waals surface area contributed by atoms with Crippen LogP contribution >= 0.6 is 0 Å². The van der Waals surface area contributed by atoms with Gasteiger partial charge in [-0.05, 0) is 84.9 Å². The standard InChI is InChI=1S/C31H38FNO3/c1-7-24(20-8-9-20)21-10-15-29(35-6)30(16-21)36-19-22-11-13-25(28(33-22)18-31(2,3)4)26-17-23(34-5)12-14-27(26)32/h10-17,20,24H,7-9,18-19H2,1-6H3. The van der Waals surface area contributed by atoms with Crippen LogP contribution in [0.25, 0.3) is 11.1 Å². The number of ether oxygens (including phenoxy) is 3. The summed E-state index contributed by atoms with van der Waals surface area (Å²) < 4.78 is 32.0. The molecule has 0 spiro atoms. The van der Waals surface area contributed by atoms with E-state index in [0.29, 0.717) is 30.3 Å². The first-order valence-electron chi connectivity index (χ1n) is 12.9. The van der Waals surface area contributed by atoms with Gasteiger partial charge in [0.05, 0.1) is 19.9 Å². The summed E-state index contributed by atoms with van der Waals surface area (Å²) >= 11 is 0. The third-order valence-electron chi connectivity index (χ3n) is 6.82. The number of pyridine rings is 1. The Morgan fingerprint density at radius 2 is 1.72 bits per heavy atom. The SMILES string of the molecule is CCC(c1ccc(OC)c(OCc2ccc(-c3cc(OC)ccc3F)c(CC(C)(C)C)n2)c1)C1CC1. The summed E-state index contributed by atoms with van der Waals surface area (Å²) in [5, 5.41) is 0. The highest BCUT2D eigenvalue weighted by atomic mass is 19.1. The predicted octanol–water partition coefficient (Wildman–Crippen LogP) is 7.98. The Kier molecular flexibility index (Phi) is 7.87. The Balaban J connectivity index is 1.63. The van der Waals surface area contributed by atoms with Crippen LogP contribution in [-0.2, 0) is 13.0 Å². The van der Waals surface area contributed by atoms with E-state index >= 15 is 0 Å². The van der Waals surface area contributed by atoms with Gasteiger partial charge in [-0.15, -0.1) is 0 Å². The van der Waals surface area contributed by atoms with Gasteiger partial charge in [-0.1, -0.05) is 39.8 Å². The number of nitrogens with zero attached hydrogens (tertiary/aromatic N) is 1. The van der Waals surface area contributed by atoms with E-state index < -0.39 is 0 Å². The molecule has 1 atom stereocenters.